The third-order valence-electron chi connectivity index (χ3n) is 1.91. The summed E-state index contributed by atoms with van der Waals surface area (Å²) in [6.45, 7) is 2.00. The van der Waals surface area contributed by atoms with Gasteiger partial charge in [0, 0.05) is 12.3 Å². The molecule has 0 aliphatic heterocycles. The highest BCUT2D eigenvalue weighted by molar-refractivity contribution is 5.85. The maximum atomic E-state index is 11.3. The van der Waals surface area contributed by atoms with Gasteiger partial charge in [0.2, 0.25) is 0 Å². The van der Waals surface area contributed by atoms with E-state index in [4.69, 9.17) is 0 Å². The first kappa shape index (κ1) is 10.6. The Morgan fingerprint density at radius 2 is 2.07 bits per heavy atom. The van der Waals surface area contributed by atoms with Crippen molar-refractivity contribution >= 4 is 12.4 Å². The van der Waals surface area contributed by atoms with Crippen molar-refractivity contribution < 1.29 is 0 Å². The predicted molar refractivity (Wildman–Crippen MR) is 58.4 cm³/mol. The van der Waals surface area contributed by atoms with Gasteiger partial charge in [0.15, 0.2) is 0 Å². The zero-order valence-corrected chi connectivity index (χ0v) is 8.54. The zero-order valence-electron chi connectivity index (χ0n) is 7.73. The van der Waals surface area contributed by atoms with Crippen LogP contribution in [-0.2, 0) is 0 Å². The van der Waals surface area contributed by atoms with Crippen LogP contribution in [0.25, 0.3) is 5.69 Å². The Kier molecular flexibility index (Phi) is 3.14. The van der Waals surface area contributed by atoms with Gasteiger partial charge in [0.25, 0.3) is 5.56 Å². The quantitative estimate of drug-likeness (QED) is 0.767. The molecular formula is C10H11ClN2O. The molecule has 0 aliphatic rings. The Bertz CT molecular complexity index is 473. The lowest BCUT2D eigenvalue weighted by molar-refractivity contribution is 0.848. The molecule has 0 spiro atoms. The Morgan fingerprint density at radius 1 is 1.29 bits per heavy atom. The molecule has 0 saturated carbocycles. The standard InChI is InChI=1S/C10H10N2O.ClH/c1-8-3-2-4-9(7-8)12-10(13)5-6-11-12;/h2-7,11H,1H3;1H. The van der Waals surface area contributed by atoms with Gasteiger partial charge in [0.05, 0.1) is 5.69 Å². The maximum absolute atomic E-state index is 11.3. The first-order valence-electron chi connectivity index (χ1n) is 4.11. The van der Waals surface area contributed by atoms with E-state index in [-0.39, 0.29) is 18.0 Å². The Labute approximate surface area is 87.8 Å². The average Bonchev–Trinajstić information content (AvgIpc) is 2.51. The molecular weight excluding hydrogens is 200 g/mol. The highest BCUT2D eigenvalue weighted by atomic mass is 35.5. The van der Waals surface area contributed by atoms with Crippen LogP contribution in [0.4, 0.5) is 0 Å². The summed E-state index contributed by atoms with van der Waals surface area (Å²) in [5.41, 5.74) is 1.97. The molecule has 4 heteroatoms. The van der Waals surface area contributed by atoms with Crippen LogP contribution in [0.3, 0.4) is 0 Å². The Balaban J connectivity index is 0.000000980. The van der Waals surface area contributed by atoms with Crippen LogP contribution in [0.5, 0.6) is 0 Å². The van der Waals surface area contributed by atoms with Crippen molar-refractivity contribution in [1.29, 1.82) is 0 Å². The number of H-pyrrole nitrogens is 1. The lowest BCUT2D eigenvalue weighted by atomic mass is 10.2. The fourth-order valence-electron chi connectivity index (χ4n) is 1.29. The maximum Gasteiger partial charge on any atom is 0.271 e. The summed E-state index contributed by atoms with van der Waals surface area (Å²) >= 11 is 0. The van der Waals surface area contributed by atoms with Crippen LogP contribution in [0.1, 0.15) is 5.56 Å². The van der Waals surface area contributed by atoms with Crippen molar-refractivity contribution in [2.24, 2.45) is 0 Å². The number of aryl methyl sites for hydroxylation is 1. The molecule has 0 radical (unpaired) electrons. The van der Waals surface area contributed by atoms with Gasteiger partial charge in [-0.05, 0) is 24.6 Å². The van der Waals surface area contributed by atoms with Crippen molar-refractivity contribution in [2.45, 2.75) is 6.92 Å². The second-order valence-electron chi connectivity index (χ2n) is 2.98. The highest BCUT2D eigenvalue weighted by Crippen LogP contribution is 2.05. The molecule has 3 nitrogen and oxygen atoms in total. The van der Waals surface area contributed by atoms with E-state index in [9.17, 15) is 4.79 Å². The lowest BCUT2D eigenvalue weighted by Crippen LogP contribution is -2.13. The number of hydrogen-bond acceptors (Lipinski definition) is 1. The fraction of sp³-hybridized carbons (Fsp3) is 0.100. The number of nitrogens with one attached hydrogen (secondary N) is 1. The number of aromatic nitrogens is 2. The molecule has 74 valence electrons. The normalized spacial score (nSPS) is 9.50. The van der Waals surface area contributed by atoms with Crippen LogP contribution in [-0.4, -0.2) is 9.78 Å². The molecule has 0 bridgehead atoms. The van der Waals surface area contributed by atoms with E-state index < -0.39 is 0 Å². The minimum Gasteiger partial charge on any atom is -0.298 e. The second-order valence-corrected chi connectivity index (χ2v) is 2.98. The minimum absolute atomic E-state index is 0. The van der Waals surface area contributed by atoms with E-state index in [2.05, 4.69) is 5.10 Å². The zero-order chi connectivity index (χ0) is 9.26. The van der Waals surface area contributed by atoms with Gasteiger partial charge in [0.1, 0.15) is 0 Å². The Morgan fingerprint density at radius 3 is 2.64 bits per heavy atom. The number of aromatic amines is 1. The summed E-state index contributed by atoms with van der Waals surface area (Å²) in [4.78, 5) is 11.3. The summed E-state index contributed by atoms with van der Waals surface area (Å²) in [5, 5.41) is 2.85. The third-order valence-corrected chi connectivity index (χ3v) is 1.91. The van der Waals surface area contributed by atoms with Gasteiger partial charge in [-0.15, -0.1) is 12.4 Å². The van der Waals surface area contributed by atoms with Crippen LogP contribution in [0, 0.1) is 6.92 Å². The van der Waals surface area contributed by atoms with Gasteiger partial charge in [-0.25, -0.2) is 4.68 Å². The summed E-state index contributed by atoms with van der Waals surface area (Å²) in [6, 6.07) is 9.28. The molecule has 0 saturated heterocycles. The van der Waals surface area contributed by atoms with E-state index in [1.165, 1.54) is 10.7 Å². The molecule has 1 aromatic carbocycles. The lowest BCUT2D eigenvalue weighted by Gasteiger charge is -2.01. The summed E-state index contributed by atoms with van der Waals surface area (Å²) < 4.78 is 1.51. The van der Waals surface area contributed by atoms with Gasteiger partial charge in [-0.1, -0.05) is 12.1 Å². The van der Waals surface area contributed by atoms with Crippen LogP contribution >= 0.6 is 12.4 Å². The first-order valence-corrected chi connectivity index (χ1v) is 4.11. The van der Waals surface area contributed by atoms with Crippen LogP contribution in [0.15, 0.2) is 41.3 Å². The molecule has 1 aromatic heterocycles. The van der Waals surface area contributed by atoms with E-state index in [1.807, 2.05) is 31.2 Å². The highest BCUT2D eigenvalue weighted by Gasteiger charge is 1.98. The molecule has 2 rings (SSSR count). The first-order chi connectivity index (χ1) is 6.27. The van der Waals surface area contributed by atoms with Crippen molar-refractivity contribution in [3.63, 3.8) is 0 Å². The molecule has 1 heterocycles. The summed E-state index contributed by atoms with van der Waals surface area (Å²) in [7, 11) is 0. The molecule has 14 heavy (non-hydrogen) atoms. The van der Waals surface area contributed by atoms with E-state index in [1.54, 1.807) is 6.20 Å². The second kappa shape index (κ2) is 4.15. The molecule has 0 atom stereocenters. The largest absolute Gasteiger partial charge is 0.298 e. The number of hydrogen-bond donors (Lipinski definition) is 1. The summed E-state index contributed by atoms with van der Waals surface area (Å²) in [5.74, 6) is 0. The minimum atomic E-state index is -0.0365. The Hall–Kier alpha value is -1.48. The van der Waals surface area contributed by atoms with E-state index in [0.717, 1.165) is 11.3 Å². The smallest absolute Gasteiger partial charge is 0.271 e. The molecule has 1 N–H and O–H groups in total. The molecule has 0 fully saturated rings. The number of nitrogens with zero attached hydrogens (tertiary/aromatic N) is 1. The fourth-order valence-corrected chi connectivity index (χ4v) is 1.29. The van der Waals surface area contributed by atoms with Gasteiger partial charge >= 0.3 is 0 Å². The van der Waals surface area contributed by atoms with Crippen molar-refractivity contribution in [3.8, 4) is 5.69 Å². The van der Waals surface area contributed by atoms with E-state index in [0.29, 0.717) is 0 Å². The SMILES string of the molecule is Cc1cccc(-n2[nH]ccc2=O)c1.Cl. The van der Waals surface area contributed by atoms with Crippen molar-refractivity contribution in [1.82, 2.24) is 9.78 Å². The number of rotatable bonds is 1. The van der Waals surface area contributed by atoms with Crippen LogP contribution in [0.2, 0.25) is 0 Å². The van der Waals surface area contributed by atoms with E-state index >= 15 is 0 Å². The van der Waals surface area contributed by atoms with Crippen molar-refractivity contribution in [2.75, 3.05) is 0 Å². The molecule has 0 unspecified atom stereocenters. The monoisotopic (exact) mass is 210 g/mol. The number of halogens is 1. The molecule has 0 amide bonds. The summed E-state index contributed by atoms with van der Waals surface area (Å²) in [6.07, 6.45) is 1.63. The predicted octanol–water partition coefficient (Wildman–Crippen LogP) is 1.90. The van der Waals surface area contributed by atoms with Gasteiger partial charge in [-0.2, -0.15) is 0 Å². The topological polar surface area (TPSA) is 37.8 Å². The molecule has 2 aromatic rings. The van der Waals surface area contributed by atoms with Gasteiger partial charge in [-0.3, -0.25) is 9.89 Å². The number of benzene rings is 1. The molecule has 0 aliphatic carbocycles. The third kappa shape index (κ3) is 1.88. The average molecular weight is 211 g/mol. The van der Waals surface area contributed by atoms with Crippen molar-refractivity contribution in [3.05, 3.63) is 52.4 Å². The van der Waals surface area contributed by atoms with Gasteiger partial charge < -0.3 is 0 Å². The van der Waals surface area contributed by atoms with Crippen LogP contribution < -0.4 is 5.56 Å².